The minimum atomic E-state index is -2.38. The molecule has 0 unspecified atom stereocenters. The fraction of sp³-hybridized carbons (Fsp3) is 0.833. The number of amides is 1. The van der Waals surface area contributed by atoms with Crippen LogP contribution in [0.3, 0.4) is 0 Å². The summed E-state index contributed by atoms with van der Waals surface area (Å²) in [6.07, 6.45) is -0.601. The molecule has 0 bridgehead atoms. The third-order valence-electron chi connectivity index (χ3n) is 2.24. The number of rotatable bonds is 8. The van der Waals surface area contributed by atoms with E-state index in [2.05, 4.69) is 10.5 Å². The minimum Gasteiger partial charge on any atom is -0.323 e. The highest BCUT2D eigenvalue weighted by Gasteiger charge is 2.26. The Labute approximate surface area is 136 Å². The monoisotopic (exact) mass is 356 g/mol. The molecule has 0 aromatic rings. The van der Waals surface area contributed by atoms with Gasteiger partial charge in [0.2, 0.25) is 5.69 Å². The smallest absolute Gasteiger partial charge is 0.323 e. The van der Waals surface area contributed by atoms with Gasteiger partial charge in [0.15, 0.2) is 0 Å². The fourth-order valence-electron chi connectivity index (χ4n) is 1.09. The van der Waals surface area contributed by atoms with Gasteiger partial charge in [0, 0.05) is 18.2 Å². The number of nitrogens with zero attached hydrogens (tertiary/aromatic N) is 1. The first-order chi connectivity index (χ1) is 9.68. The SMILES string of the molecule is CCOP(=S)(OCC)SCC(=NOC(=O)NC)C(C)(C)C. The van der Waals surface area contributed by atoms with Crippen LogP contribution in [-0.4, -0.2) is 37.8 Å². The fourth-order valence-corrected chi connectivity index (χ4v) is 5.74. The van der Waals surface area contributed by atoms with Gasteiger partial charge in [-0.05, 0) is 25.7 Å². The van der Waals surface area contributed by atoms with E-state index in [1.807, 2.05) is 34.6 Å². The second kappa shape index (κ2) is 9.79. The van der Waals surface area contributed by atoms with Crippen molar-refractivity contribution < 1.29 is 18.7 Å². The molecular formula is C12H25N2O4PS2. The Balaban J connectivity index is 4.90. The number of oxime groups is 1. The molecule has 0 aliphatic carbocycles. The van der Waals surface area contributed by atoms with E-state index in [4.69, 9.17) is 25.7 Å². The maximum Gasteiger partial charge on any atom is 0.433 e. The van der Waals surface area contributed by atoms with Crippen molar-refractivity contribution in [3.8, 4) is 0 Å². The lowest BCUT2D eigenvalue weighted by molar-refractivity contribution is 0.152. The molecule has 21 heavy (non-hydrogen) atoms. The van der Waals surface area contributed by atoms with Crippen molar-refractivity contribution in [1.82, 2.24) is 5.32 Å². The molecule has 1 amide bonds. The largest absolute Gasteiger partial charge is 0.433 e. The summed E-state index contributed by atoms with van der Waals surface area (Å²) >= 11 is 6.86. The van der Waals surface area contributed by atoms with Crippen LogP contribution >= 0.6 is 17.1 Å². The zero-order valence-corrected chi connectivity index (χ0v) is 16.0. The number of hydrogen-bond donors (Lipinski definition) is 1. The van der Waals surface area contributed by atoms with E-state index in [-0.39, 0.29) is 5.41 Å². The summed E-state index contributed by atoms with van der Waals surface area (Å²) in [6.45, 7) is 10.7. The predicted octanol–water partition coefficient (Wildman–Crippen LogP) is 3.78. The van der Waals surface area contributed by atoms with Gasteiger partial charge in [0.05, 0.1) is 18.9 Å². The van der Waals surface area contributed by atoms with E-state index in [0.717, 1.165) is 0 Å². The molecule has 0 aliphatic rings. The van der Waals surface area contributed by atoms with E-state index in [0.29, 0.717) is 24.7 Å². The third-order valence-corrected chi connectivity index (χ3v) is 7.66. The van der Waals surface area contributed by atoms with Crippen LogP contribution in [0, 0.1) is 5.41 Å². The molecule has 0 aromatic heterocycles. The summed E-state index contributed by atoms with van der Waals surface area (Å²) in [6, 6.07) is 0. The lowest BCUT2D eigenvalue weighted by atomic mass is 9.91. The lowest BCUT2D eigenvalue weighted by Gasteiger charge is -2.24. The molecule has 6 nitrogen and oxygen atoms in total. The molecule has 0 radical (unpaired) electrons. The van der Waals surface area contributed by atoms with Crippen molar-refractivity contribution in [3.05, 3.63) is 0 Å². The first-order valence-corrected chi connectivity index (χ1v) is 10.9. The second-order valence-electron chi connectivity index (χ2n) is 4.97. The van der Waals surface area contributed by atoms with Gasteiger partial charge < -0.3 is 14.4 Å². The van der Waals surface area contributed by atoms with Crippen LogP contribution in [0.4, 0.5) is 4.79 Å². The van der Waals surface area contributed by atoms with Crippen molar-refractivity contribution in [2.75, 3.05) is 26.0 Å². The molecular weight excluding hydrogens is 331 g/mol. The van der Waals surface area contributed by atoms with Gasteiger partial charge in [-0.3, -0.25) is 4.84 Å². The van der Waals surface area contributed by atoms with Crippen molar-refractivity contribution in [2.24, 2.45) is 10.6 Å². The highest BCUT2D eigenvalue weighted by molar-refractivity contribution is 8.68. The van der Waals surface area contributed by atoms with Gasteiger partial charge in [-0.15, -0.1) is 0 Å². The Morgan fingerprint density at radius 1 is 1.29 bits per heavy atom. The average molecular weight is 356 g/mol. The van der Waals surface area contributed by atoms with Gasteiger partial charge in [-0.1, -0.05) is 37.3 Å². The maximum absolute atomic E-state index is 11.1. The summed E-state index contributed by atoms with van der Waals surface area (Å²) in [5.74, 6) is 0.484. The average Bonchev–Trinajstić information content (AvgIpc) is 2.37. The molecule has 0 aliphatic heterocycles. The number of nitrogens with one attached hydrogen (secondary N) is 1. The molecule has 124 valence electrons. The summed E-state index contributed by atoms with van der Waals surface area (Å²) < 4.78 is 11.1. The van der Waals surface area contributed by atoms with Crippen molar-refractivity contribution in [2.45, 2.75) is 34.6 Å². The summed E-state index contributed by atoms with van der Waals surface area (Å²) in [4.78, 5) is 15.9. The standard InChI is InChI=1S/C12H25N2O4PS2/c1-7-16-19(20,17-8-2)21-9-10(12(3,4)5)14-18-11(15)13-6/h7-9H2,1-6H3,(H,13,15). The number of carbonyl (C=O) groups is 1. The quantitative estimate of drug-likeness (QED) is 0.309. The minimum absolute atomic E-state index is 0.250. The first kappa shape index (κ1) is 20.9. The van der Waals surface area contributed by atoms with Gasteiger partial charge in [-0.25, -0.2) is 4.79 Å². The van der Waals surface area contributed by atoms with E-state index >= 15 is 0 Å². The van der Waals surface area contributed by atoms with Crippen LogP contribution in [0.2, 0.25) is 0 Å². The molecule has 0 spiro atoms. The maximum atomic E-state index is 11.1. The Morgan fingerprint density at radius 3 is 2.19 bits per heavy atom. The molecule has 0 saturated carbocycles. The van der Waals surface area contributed by atoms with E-state index in [1.54, 1.807) is 0 Å². The number of hydrogen-bond acceptors (Lipinski definition) is 7. The van der Waals surface area contributed by atoms with Crippen molar-refractivity contribution >= 4 is 40.7 Å². The van der Waals surface area contributed by atoms with Crippen LogP contribution in [0.1, 0.15) is 34.6 Å². The Kier molecular flexibility index (Phi) is 9.73. The molecule has 1 N–H and O–H groups in total. The van der Waals surface area contributed by atoms with Crippen LogP contribution in [0.15, 0.2) is 5.16 Å². The molecule has 0 aromatic carbocycles. The van der Waals surface area contributed by atoms with Crippen molar-refractivity contribution in [1.29, 1.82) is 0 Å². The summed E-state index contributed by atoms with van der Waals surface area (Å²) in [7, 11) is 1.48. The Hall–Kier alpha value is -0.140. The summed E-state index contributed by atoms with van der Waals surface area (Å²) in [5.41, 5.74) is -1.92. The Morgan fingerprint density at radius 2 is 1.81 bits per heavy atom. The highest BCUT2D eigenvalue weighted by atomic mass is 32.9. The van der Waals surface area contributed by atoms with E-state index in [9.17, 15) is 4.79 Å². The molecule has 0 heterocycles. The predicted molar refractivity (Wildman–Crippen MR) is 92.4 cm³/mol. The van der Waals surface area contributed by atoms with Gasteiger partial charge in [0.1, 0.15) is 0 Å². The van der Waals surface area contributed by atoms with Gasteiger partial charge >= 0.3 is 6.09 Å². The van der Waals surface area contributed by atoms with Crippen LogP contribution in [0.25, 0.3) is 0 Å². The zero-order valence-electron chi connectivity index (χ0n) is 13.5. The third kappa shape index (κ3) is 8.78. The molecule has 9 heteroatoms. The zero-order chi connectivity index (χ0) is 16.5. The van der Waals surface area contributed by atoms with Gasteiger partial charge in [0.25, 0.3) is 0 Å². The molecule has 0 rings (SSSR count). The van der Waals surface area contributed by atoms with Crippen LogP contribution in [0.5, 0.6) is 0 Å². The van der Waals surface area contributed by atoms with Gasteiger partial charge in [-0.2, -0.15) is 0 Å². The second-order valence-corrected chi connectivity index (χ2v) is 11.3. The molecule has 0 fully saturated rings. The number of carbonyl (C=O) groups excluding carboxylic acids is 1. The first-order valence-electron chi connectivity index (χ1n) is 6.68. The lowest BCUT2D eigenvalue weighted by Crippen LogP contribution is -2.25. The highest BCUT2D eigenvalue weighted by Crippen LogP contribution is 2.61. The topological polar surface area (TPSA) is 69.1 Å². The normalized spacial score (nSPS) is 13.1. The van der Waals surface area contributed by atoms with Crippen LogP contribution < -0.4 is 5.32 Å². The summed E-state index contributed by atoms with van der Waals surface area (Å²) in [5, 5.41) is 6.28. The van der Waals surface area contributed by atoms with E-state index < -0.39 is 11.8 Å². The van der Waals surface area contributed by atoms with Crippen LogP contribution in [-0.2, 0) is 25.7 Å². The van der Waals surface area contributed by atoms with Crippen molar-refractivity contribution in [3.63, 3.8) is 0 Å². The molecule has 0 saturated heterocycles. The Bertz CT molecular complexity index is 401. The van der Waals surface area contributed by atoms with E-state index in [1.165, 1.54) is 18.4 Å². The molecule has 0 atom stereocenters.